The van der Waals surface area contributed by atoms with Crippen LogP contribution in [0.2, 0.25) is 10.0 Å². The van der Waals surface area contributed by atoms with Crippen molar-refractivity contribution < 1.29 is 14.3 Å². The molecule has 22 heavy (non-hydrogen) atoms. The minimum atomic E-state index is -0.496. The van der Waals surface area contributed by atoms with Crippen molar-refractivity contribution in [1.82, 2.24) is 4.90 Å². The first-order valence-corrected chi connectivity index (χ1v) is 8.26. The lowest BCUT2D eigenvalue weighted by Gasteiger charge is -2.12. The maximum absolute atomic E-state index is 12.3. The van der Waals surface area contributed by atoms with Crippen LogP contribution in [0.4, 0.5) is 0 Å². The van der Waals surface area contributed by atoms with Crippen LogP contribution in [-0.2, 0) is 14.3 Å². The van der Waals surface area contributed by atoms with Crippen LogP contribution in [0.3, 0.4) is 0 Å². The third-order valence-corrected chi connectivity index (χ3v) is 4.66. The summed E-state index contributed by atoms with van der Waals surface area (Å²) in [5.74, 6) is -0.835. The first-order valence-electron chi connectivity index (χ1n) is 6.28. The van der Waals surface area contributed by atoms with E-state index in [1.807, 2.05) is 0 Å². The molecule has 8 heteroatoms. The molecule has 0 radical (unpaired) electrons. The fraction of sp³-hybridized carbons (Fsp3) is 0.214. The van der Waals surface area contributed by atoms with Crippen LogP contribution < -0.4 is 0 Å². The van der Waals surface area contributed by atoms with Gasteiger partial charge < -0.3 is 4.74 Å². The zero-order valence-electron chi connectivity index (χ0n) is 11.5. The van der Waals surface area contributed by atoms with Crippen molar-refractivity contribution in [2.24, 2.45) is 0 Å². The Balaban J connectivity index is 2.20. The number of carbonyl (C=O) groups excluding carboxylic acids is 2. The zero-order chi connectivity index (χ0) is 16.3. The second-order valence-electron chi connectivity index (χ2n) is 4.24. The Hall–Kier alpha value is -1.08. The number of ether oxygens (including phenoxy) is 1. The zero-order valence-corrected chi connectivity index (χ0v) is 14.6. The third-order valence-electron chi connectivity index (χ3n) is 2.72. The Morgan fingerprint density at radius 3 is 2.82 bits per heavy atom. The van der Waals surface area contributed by atoms with E-state index in [0.717, 1.165) is 11.8 Å². The van der Waals surface area contributed by atoms with E-state index in [1.165, 1.54) is 4.90 Å². The summed E-state index contributed by atoms with van der Waals surface area (Å²) in [5.41, 5.74) is 0.655. The van der Waals surface area contributed by atoms with E-state index in [0.29, 0.717) is 24.8 Å². The van der Waals surface area contributed by atoms with Gasteiger partial charge in [-0.1, -0.05) is 53.2 Å². The van der Waals surface area contributed by atoms with Crippen molar-refractivity contribution in [2.45, 2.75) is 6.92 Å². The van der Waals surface area contributed by atoms with E-state index in [-0.39, 0.29) is 19.1 Å². The standard InChI is InChI=1S/C14H11Cl2NO3S2/c1-2-20-12(18)7-17-13(19)11(22-14(17)21)5-8-3-4-9(15)6-10(8)16/h3-6H,2,7H2,1H3. The molecule has 1 aliphatic heterocycles. The molecule has 2 rings (SSSR count). The van der Waals surface area contributed by atoms with Crippen molar-refractivity contribution >= 4 is 69.5 Å². The highest BCUT2D eigenvalue weighted by molar-refractivity contribution is 8.26. The average Bonchev–Trinajstić information content (AvgIpc) is 2.70. The fourth-order valence-corrected chi connectivity index (χ4v) is 3.44. The molecule has 1 aromatic carbocycles. The molecule has 0 unspecified atom stereocenters. The lowest BCUT2D eigenvalue weighted by molar-refractivity contribution is -0.145. The average molecular weight is 376 g/mol. The number of benzene rings is 1. The number of esters is 1. The van der Waals surface area contributed by atoms with Gasteiger partial charge in [-0.3, -0.25) is 14.5 Å². The Morgan fingerprint density at radius 2 is 2.18 bits per heavy atom. The lowest BCUT2D eigenvalue weighted by Crippen LogP contribution is -2.34. The summed E-state index contributed by atoms with van der Waals surface area (Å²) < 4.78 is 5.14. The second-order valence-corrected chi connectivity index (χ2v) is 6.76. The van der Waals surface area contributed by atoms with Crippen molar-refractivity contribution in [3.8, 4) is 0 Å². The summed E-state index contributed by atoms with van der Waals surface area (Å²) in [6.45, 7) is 1.76. The number of carbonyl (C=O) groups is 2. The van der Waals surface area contributed by atoms with Crippen molar-refractivity contribution in [1.29, 1.82) is 0 Å². The molecular formula is C14H11Cl2NO3S2. The van der Waals surface area contributed by atoms with E-state index in [9.17, 15) is 9.59 Å². The predicted octanol–water partition coefficient (Wildman–Crippen LogP) is 3.76. The second kappa shape index (κ2) is 7.46. The monoisotopic (exact) mass is 375 g/mol. The molecule has 1 amide bonds. The van der Waals surface area contributed by atoms with Gasteiger partial charge in [-0.2, -0.15) is 0 Å². The first-order chi connectivity index (χ1) is 10.4. The molecular weight excluding hydrogens is 365 g/mol. The minimum Gasteiger partial charge on any atom is -0.465 e. The van der Waals surface area contributed by atoms with E-state index < -0.39 is 5.97 Å². The van der Waals surface area contributed by atoms with Crippen molar-refractivity contribution in [2.75, 3.05) is 13.2 Å². The van der Waals surface area contributed by atoms with Crippen molar-refractivity contribution in [3.63, 3.8) is 0 Å². The number of thiocarbonyl (C=S) groups is 1. The van der Waals surface area contributed by atoms with E-state index >= 15 is 0 Å². The fourth-order valence-electron chi connectivity index (χ4n) is 1.73. The van der Waals surface area contributed by atoms with Crippen LogP contribution in [0.1, 0.15) is 12.5 Å². The van der Waals surface area contributed by atoms with Crippen LogP contribution in [0.15, 0.2) is 23.1 Å². The number of halogens is 2. The molecule has 0 bridgehead atoms. The number of hydrogen-bond donors (Lipinski definition) is 0. The lowest BCUT2D eigenvalue weighted by atomic mass is 10.2. The van der Waals surface area contributed by atoms with Crippen LogP contribution >= 0.6 is 47.2 Å². The summed E-state index contributed by atoms with van der Waals surface area (Å²) >= 11 is 18.2. The van der Waals surface area contributed by atoms with Crippen LogP contribution in [-0.4, -0.2) is 34.2 Å². The van der Waals surface area contributed by atoms with Gasteiger partial charge in [0.15, 0.2) is 0 Å². The van der Waals surface area contributed by atoms with Gasteiger partial charge in [0.2, 0.25) is 0 Å². The molecule has 0 saturated carbocycles. The van der Waals surface area contributed by atoms with Gasteiger partial charge in [0.05, 0.1) is 11.5 Å². The highest BCUT2D eigenvalue weighted by Crippen LogP contribution is 2.34. The highest BCUT2D eigenvalue weighted by Gasteiger charge is 2.33. The summed E-state index contributed by atoms with van der Waals surface area (Å²) in [6, 6.07) is 4.98. The van der Waals surface area contributed by atoms with Crippen LogP contribution in [0.5, 0.6) is 0 Å². The minimum absolute atomic E-state index is 0.190. The predicted molar refractivity (Wildman–Crippen MR) is 93.0 cm³/mol. The molecule has 0 N–H and O–H groups in total. The maximum atomic E-state index is 12.3. The molecule has 0 atom stereocenters. The quantitative estimate of drug-likeness (QED) is 0.455. The van der Waals surface area contributed by atoms with E-state index in [2.05, 4.69) is 0 Å². The van der Waals surface area contributed by atoms with Gasteiger partial charge in [0, 0.05) is 10.0 Å². The maximum Gasteiger partial charge on any atom is 0.326 e. The molecule has 0 spiro atoms. The third kappa shape index (κ3) is 4.01. The molecule has 0 aliphatic carbocycles. The van der Waals surface area contributed by atoms with Crippen LogP contribution in [0.25, 0.3) is 6.08 Å². The molecule has 1 fully saturated rings. The first kappa shape index (κ1) is 17.3. The number of hydrogen-bond acceptors (Lipinski definition) is 5. The van der Waals surface area contributed by atoms with Crippen molar-refractivity contribution in [3.05, 3.63) is 38.7 Å². The van der Waals surface area contributed by atoms with Gasteiger partial charge in [-0.15, -0.1) is 0 Å². The summed E-state index contributed by atoms with van der Waals surface area (Å²) in [6.07, 6.45) is 1.63. The topological polar surface area (TPSA) is 46.6 Å². The smallest absolute Gasteiger partial charge is 0.326 e. The molecule has 116 valence electrons. The Morgan fingerprint density at radius 1 is 1.45 bits per heavy atom. The van der Waals surface area contributed by atoms with Gasteiger partial charge in [-0.05, 0) is 30.7 Å². The van der Waals surface area contributed by atoms with Gasteiger partial charge in [0.25, 0.3) is 5.91 Å². The number of nitrogens with zero attached hydrogens (tertiary/aromatic N) is 1. The highest BCUT2D eigenvalue weighted by atomic mass is 35.5. The number of amides is 1. The largest absolute Gasteiger partial charge is 0.465 e. The van der Waals surface area contributed by atoms with E-state index in [1.54, 1.807) is 31.2 Å². The SMILES string of the molecule is CCOC(=O)CN1C(=O)C(=Cc2ccc(Cl)cc2Cl)SC1=S. The summed E-state index contributed by atoms with van der Waals surface area (Å²) in [7, 11) is 0. The Labute approximate surface area is 147 Å². The molecule has 0 aromatic heterocycles. The van der Waals surface area contributed by atoms with Gasteiger partial charge in [-0.25, -0.2) is 0 Å². The molecule has 1 aliphatic rings. The normalized spacial score (nSPS) is 16.5. The summed E-state index contributed by atoms with van der Waals surface area (Å²) in [5, 5.41) is 0.945. The molecule has 4 nitrogen and oxygen atoms in total. The summed E-state index contributed by atoms with van der Waals surface area (Å²) in [4.78, 5) is 25.4. The van der Waals surface area contributed by atoms with Gasteiger partial charge >= 0.3 is 5.97 Å². The van der Waals surface area contributed by atoms with Gasteiger partial charge in [0.1, 0.15) is 10.9 Å². The molecule has 1 heterocycles. The Kier molecular flexibility index (Phi) is 5.86. The number of rotatable bonds is 4. The van der Waals surface area contributed by atoms with Crippen LogP contribution in [0, 0.1) is 0 Å². The Bertz CT molecular complexity index is 676. The van der Waals surface area contributed by atoms with E-state index in [4.69, 9.17) is 40.2 Å². The number of thioether (sulfide) groups is 1. The molecule has 1 aromatic rings. The molecule has 1 saturated heterocycles.